The van der Waals surface area contributed by atoms with E-state index in [1.54, 1.807) is 17.0 Å². The minimum Gasteiger partial charge on any atom is -0.312 e. The number of anilines is 2. The van der Waals surface area contributed by atoms with E-state index in [9.17, 15) is 18.0 Å². The van der Waals surface area contributed by atoms with Crippen molar-refractivity contribution in [2.45, 2.75) is 51.5 Å². The van der Waals surface area contributed by atoms with Crippen LogP contribution in [0.15, 0.2) is 41.3 Å². The van der Waals surface area contributed by atoms with Gasteiger partial charge in [0.2, 0.25) is 21.8 Å². The largest absolute Gasteiger partial charge is 0.312 e. The normalized spacial score (nSPS) is 14.4. The van der Waals surface area contributed by atoms with Crippen molar-refractivity contribution in [3.05, 3.63) is 47.5 Å². The van der Waals surface area contributed by atoms with Gasteiger partial charge < -0.3 is 10.2 Å². The Hall–Kier alpha value is -2.82. The average molecular weight is 501 g/mol. The number of sulfonamides is 1. The van der Waals surface area contributed by atoms with E-state index in [2.05, 4.69) is 15.0 Å². The molecule has 3 aromatic rings. The smallest absolute Gasteiger partial charge is 0.244 e. The summed E-state index contributed by atoms with van der Waals surface area (Å²) in [6.07, 6.45) is 0.920. The lowest BCUT2D eigenvalue weighted by atomic mass is 10.0. The molecule has 180 valence electrons. The van der Waals surface area contributed by atoms with Crippen molar-refractivity contribution in [3.63, 3.8) is 0 Å². The van der Waals surface area contributed by atoms with E-state index in [1.165, 1.54) is 24.3 Å². The second kappa shape index (κ2) is 9.44. The second-order valence-electron chi connectivity index (χ2n) is 8.99. The molecule has 1 aliphatic heterocycles. The van der Waals surface area contributed by atoms with Crippen LogP contribution in [0.3, 0.4) is 0 Å². The second-order valence-corrected chi connectivity index (χ2v) is 11.7. The molecule has 1 aromatic heterocycles. The van der Waals surface area contributed by atoms with E-state index in [4.69, 9.17) is 0 Å². The van der Waals surface area contributed by atoms with Crippen molar-refractivity contribution in [1.82, 2.24) is 9.71 Å². The summed E-state index contributed by atoms with van der Waals surface area (Å²) < 4.78 is 29.9. The summed E-state index contributed by atoms with van der Waals surface area (Å²) in [7, 11) is -3.96. The lowest BCUT2D eigenvalue weighted by Crippen LogP contribution is -2.44. The van der Waals surface area contributed by atoms with Gasteiger partial charge in [0.15, 0.2) is 5.13 Å². The molecule has 10 heteroatoms. The zero-order valence-corrected chi connectivity index (χ0v) is 21.2. The number of thiazole rings is 1. The maximum Gasteiger partial charge on any atom is 0.244 e. The molecule has 2 aromatic carbocycles. The van der Waals surface area contributed by atoms with Gasteiger partial charge in [-0.05, 0) is 67.1 Å². The summed E-state index contributed by atoms with van der Waals surface area (Å²) in [5.74, 6) is -0.441. The number of carbonyl (C=O) groups excluding carboxylic acids is 2. The molecule has 2 N–H and O–H groups in total. The van der Waals surface area contributed by atoms with Gasteiger partial charge in [-0.3, -0.25) is 9.59 Å². The highest BCUT2D eigenvalue weighted by Crippen LogP contribution is 2.31. The monoisotopic (exact) mass is 500 g/mol. The van der Waals surface area contributed by atoms with Crippen molar-refractivity contribution >= 4 is 54.2 Å². The molecule has 0 fully saturated rings. The minimum atomic E-state index is -3.96. The minimum absolute atomic E-state index is 0.0775. The Labute approximate surface area is 203 Å². The van der Waals surface area contributed by atoms with Gasteiger partial charge in [-0.2, -0.15) is 4.72 Å². The summed E-state index contributed by atoms with van der Waals surface area (Å²) in [5.41, 5.74) is 3.41. The molecule has 0 radical (unpaired) electrons. The molecule has 0 unspecified atom stereocenters. The topological polar surface area (TPSA) is 108 Å². The van der Waals surface area contributed by atoms with Crippen molar-refractivity contribution in [2.75, 3.05) is 16.8 Å². The predicted octanol–water partition coefficient (Wildman–Crippen LogP) is 3.85. The first-order chi connectivity index (χ1) is 16.0. The van der Waals surface area contributed by atoms with Crippen LogP contribution in [0.5, 0.6) is 0 Å². The van der Waals surface area contributed by atoms with Gasteiger partial charge in [-0.25, -0.2) is 13.4 Å². The number of aryl methyl sites for hydroxylation is 1. The Morgan fingerprint density at radius 1 is 1.18 bits per heavy atom. The van der Waals surface area contributed by atoms with Crippen LogP contribution in [0.1, 0.15) is 38.3 Å². The van der Waals surface area contributed by atoms with E-state index in [1.807, 2.05) is 39.0 Å². The standard InChI is InChI=1S/C24H28N4O4S2/c1-14(2)11-20(23(30)26-24-25-19-7-5-15(3)12-22(19)33-24)27-34(31,32)18-6-8-21-17(13-18)9-10-28(21)16(4)29/h5-8,12-14,20,27H,9-11H2,1-4H3,(H,25,26,30)/t20-/m0/s1. The van der Waals surface area contributed by atoms with E-state index in [0.717, 1.165) is 27.0 Å². The Morgan fingerprint density at radius 2 is 1.94 bits per heavy atom. The van der Waals surface area contributed by atoms with Gasteiger partial charge in [0.25, 0.3) is 0 Å². The van der Waals surface area contributed by atoms with E-state index in [0.29, 0.717) is 24.5 Å². The molecule has 0 saturated carbocycles. The molecular weight excluding hydrogens is 472 g/mol. The van der Waals surface area contributed by atoms with Crippen LogP contribution < -0.4 is 14.9 Å². The third-order valence-electron chi connectivity index (χ3n) is 5.73. The van der Waals surface area contributed by atoms with Crippen LogP contribution in [0, 0.1) is 12.8 Å². The highest BCUT2D eigenvalue weighted by atomic mass is 32.2. The Balaban J connectivity index is 1.55. The first kappa shape index (κ1) is 24.3. The molecular formula is C24H28N4O4S2. The molecule has 1 aliphatic rings. The van der Waals surface area contributed by atoms with Crippen molar-refractivity contribution in [3.8, 4) is 0 Å². The molecule has 0 aliphatic carbocycles. The SMILES string of the molecule is CC(=O)N1CCc2cc(S(=O)(=O)N[C@@H](CC(C)C)C(=O)Nc3nc4ccc(C)cc4s3)ccc21. The van der Waals surface area contributed by atoms with Crippen LogP contribution in [-0.4, -0.2) is 37.8 Å². The maximum absolute atomic E-state index is 13.2. The first-order valence-electron chi connectivity index (χ1n) is 11.1. The maximum atomic E-state index is 13.2. The summed E-state index contributed by atoms with van der Waals surface area (Å²) in [6.45, 7) is 7.87. The molecule has 0 saturated heterocycles. The van der Waals surface area contributed by atoms with Crippen LogP contribution >= 0.6 is 11.3 Å². The number of carbonyl (C=O) groups is 2. The van der Waals surface area contributed by atoms with Gasteiger partial charge in [0.1, 0.15) is 6.04 Å². The quantitative estimate of drug-likeness (QED) is 0.512. The van der Waals surface area contributed by atoms with Crippen LogP contribution in [0.4, 0.5) is 10.8 Å². The van der Waals surface area contributed by atoms with Gasteiger partial charge in [-0.1, -0.05) is 31.3 Å². The number of amides is 2. The number of nitrogens with zero attached hydrogens (tertiary/aromatic N) is 2. The number of benzene rings is 2. The molecule has 0 spiro atoms. The van der Waals surface area contributed by atoms with Gasteiger partial charge in [0.05, 0.1) is 15.1 Å². The third-order valence-corrected chi connectivity index (χ3v) is 8.13. The lowest BCUT2D eigenvalue weighted by Gasteiger charge is -2.20. The lowest BCUT2D eigenvalue weighted by molar-refractivity contribution is -0.118. The number of hydrogen-bond donors (Lipinski definition) is 2. The average Bonchev–Trinajstić information content (AvgIpc) is 3.35. The molecule has 4 rings (SSSR count). The molecule has 34 heavy (non-hydrogen) atoms. The van der Waals surface area contributed by atoms with Crippen LogP contribution in [-0.2, 0) is 26.0 Å². The number of fused-ring (bicyclic) bond motifs is 2. The number of aromatic nitrogens is 1. The first-order valence-corrected chi connectivity index (χ1v) is 13.4. The Morgan fingerprint density at radius 3 is 2.65 bits per heavy atom. The fourth-order valence-corrected chi connectivity index (χ4v) is 6.31. The summed E-state index contributed by atoms with van der Waals surface area (Å²) >= 11 is 1.35. The molecule has 8 nitrogen and oxygen atoms in total. The summed E-state index contributed by atoms with van der Waals surface area (Å²) in [5, 5.41) is 3.22. The van der Waals surface area contributed by atoms with E-state index < -0.39 is 22.0 Å². The number of hydrogen-bond acceptors (Lipinski definition) is 6. The zero-order valence-electron chi connectivity index (χ0n) is 19.6. The Kier molecular flexibility index (Phi) is 6.75. The summed E-state index contributed by atoms with van der Waals surface area (Å²) in [6, 6.07) is 9.60. The van der Waals surface area contributed by atoms with Crippen molar-refractivity contribution in [2.24, 2.45) is 5.92 Å². The van der Waals surface area contributed by atoms with Gasteiger partial charge >= 0.3 is 0 Å². The molecule has 2 amide bonds. The highest BCUT2D eigenvalue weighted by Gasteiger charge is 2.29. The van der Waals surface area contributed by atoms with Gasteiger partial charge in [-0.15, -0.1) is 0 Å². The molecule has 2 heterocycles. The van der Waals surface area contributed by atoms with Crippen LogP contribution in [0.25, 0.3) is 10.2 Å². The zero-order chi connectivity index (χ0) is 24.6. The summed E-state index contributed by atoms with van der Waals surface area (Å²) in [4.78, 5) is 31.0. The van der Waals surface area contributed by atoms with E-state index >= 15 is 0 Å². The van der Waals surface area contributed by atoms with Gasteiger partial charge in [0, 0.05) is 19.2 Å². The number of rotatable bonds is 7. The third kappa shape index (κ3) is 5.13. The molecule has 0 bridgehead atoms. The highest BCUT2D eigenvalue weighted by molar-refractivity contribution is 7.89. The number of nitrogens with one attached hydrogen (secondary N) is 2. The van der Waals surface area contributed by atoms with E-state index in [-0.39, 0.29) is 16.7 Å². The molecule has 1 atom stereocenters. The van der Waals surface area contributed by atoms with Crippen molar-refractivity contribution in [1.29, 1.82) is 0 Å². The Bertz CT molecular complexity index is 1360. The fraction of sp³-hybridized carbons (Fsp3) is 0.375. The fourth-order valence-electron chi connectivity index (χ4n) is 4.09. The van der Waals surface area contributed by atoms with Crippen LogP contribution in [0.2, 0.25) is 0 Å². The van der Waals surface area contributed by atoms with Crippen molar-refractivity contribution < 1.29 is 18.0 Å². The predicted molar refractivity (Wildman–Crippen MR) is 135 cm³/mol.